The number of hydrogen-bond donors (Lipinski definition) is 2. The average molecular weight is 628 g/mol. The van der Waals surface area contributed by atoms with Gasteiger partial charge in [-0.15, -0.1) is 0 Å². The van der Waals surface area contributed by atoms with Crippen LogP contribution in [-0.2, 0) is 25.5 Å². The summed E-state index contributed by atoms with van der Waals surface area (Å²) in [6.07, 6.45) is 24.3. The first-order valence-corrected chi connectivity index (χ1v) is 16.4. The van der Waals surface area contributed by atoms with Crippen molar-refractivity contribution in [2.24, 2.45) is 0 Å². The first-order chi connectivity index (χ1) is 20.5. The molecule has 0 aliphatic rings. The van der Waals surface area contributed by atoms with Gasteiger partial charge in [-0.1, -0.05) is 109 Å². The molecule has 2 N–H and O–H groups in total. The number of pyridine rings is 1. The summed E-state index contributed by atoms with van der Waals surface area (Å²) in [6.45, 7) is 3.26. The number of aryl methyl sites for hydroxylation is 1. The van der Waals surface area contributed by atoms with E-state index in [1.807, 2.05) is 35.2 Å². The lowest BCUT2D eigenvalue weighted by molar-refractivity contribution is -0.697. The molecule has 1 rings (SSSR count). The Labute approximate surface area is 266 Å². The molecule has 0 unspecified atom stereocenters. The number of hydrogen-bond acceptors (Lipinski definition) is 6. The summed E-state index contributed by atoms with van der Waals surface area (Å²) in [4.78, 5) is 35.9. The number of nitrogens with one attached hydrogen (secondary N) is 2. The van der Waals surface area contributed by atoms with Crippen molar-refractivity contribution >= 4 is 18.2 Å². The molecule has 1 aromatic heterocycles. The van der Waals surface area contributed by atoms with Crippen molar-refractivity contribution in [3.8, 4) is 0 Å². The highest BCUT2D eigenvalue weighted by Crippen LogP contribution is 2.13. The quantitative estimate of drug-likeness (QED) is 0.0696. The fraction of sp³-hybridized carbons (Fsp3) is 0.758. The second-order valence-corrected chi connectivity index (χ2v) is 11.1. The van der Waals surface area contributed by atoms with E-state index in [4.69, 9.17) is 9.47 Å². The maximum Gasteiger partial charge on any atom is 0.407 e. The Bertz CT molecular complexity index is 815. The average Bonchev–Trinajstić information content (AvgIpc) is 3.00. The summed E-state index contributed by atoms with van der Waals surface area (Å²) in [5.41, 5.74) is 0. The first-order valence-electron chi connectivity index (χ1n) is 16.4. The molecule has 1 aromatic rings. The van der Waals surface area contributed by atoms with Crippen LogP contribution in [0.1, 0.15) is 122 Å². The molecular formula is C33H58ClN3O6. The molecule has 0 bridgehead atoms. The fourth-order valence-electron chi connectivity index (χ4n) is 4.70. The predicted octanol–water partition coefficient (Wildman–Crippen LogP) is 4.01. The Morgan fingerprint density at radius 3 is 1.72 bits per heavy atom. The lowest BCUT2D eigenvalue weighted by atomic mass is 10.0. The lowest BCUT2D eigenvalue weighted by Gasteiger charge is -2.18. The van der Waals surface area contributed by atoms with Crippen LogP contribution in [0.3, 0.4) is 0 Å². The molecule has 43 heavy (non-hydrogen) atoms. The highest BCUT2D eigenvalue weighted by Gasteiger charge is 2.18. The van der Waals surface area contributed by atoms with E-state index >= 15 is 0 Å². The fourth-order valence-corrected chi connectivity index (χ4v) is 4.70. The van der Waals surface area contributed by atoms with Crippen molar-refractivity contribution in [3.05, 3.63) is 30.6 Å². The zero-order chi connectivity index (χ0) is 30.5. The van der Waals surface area contributed by atoms with Crippen LogP contribution < -0.4 is 27.6 Å². The number of carbonyl (C=O) groups excluding carboxylic acids is 3. The molecule has 10 heteroatoms. The van der Waals surface area contributed by atoms with Gasteiger partial charge >= 0.3 is 18.2 Å². The third-order valence-electron chi connectivity index (χ3n) is 7.24. The molecule has 1 atom stereocenters. The molecule has 0 saturated carbocycles. The topological polar surface area (TPSA) is 107 Å². The van der Waals surface area contributed by atoms with Crippen LogP contribution >= 0.6 is 0 Å². The Balaban J connectivity index is 0.0000176. The van der Waals surface area contributed by atoms with E-state index in [1.165, 1.54) is 97.0 Å². The summed E-state index contributed by atoms with van der Waals surface area (Å²) in [7, 11) is 1.24. The second-order valence-electron chi connectivity index (χ2n) is 11.1. The van der Waals surface area contributed by atoms with E-state index in [0.29, 0.717) is 19.5 Å². The van der Waals surface area contributed by atoms with Crippen LogP contribution in [0.4, 0.5) is 9.59 Å². The predicted molar refractivity (Wildman–Crippen MR) is 165 cm³/mol. The molecule has 0 spiro atoms. The van der Waals surface area contributed by atoms with Gasteiger partial charge < -0.3 is 37.3 Å². The largest absolute Gasteiger partial charge is 1.00 e. The Hall–Kier alpha value is -2.55. The highest BCUT2D eigenvalue weighted by atomic mass is 35.5. The van der Waals surface area contributed by atoms with E-state index in [0.717, 1.165) is 12.8 Å². The van der Waals surface area contributed by atoms with Crippen molar-refractivity contribution < 1.29 is 45.6 Å². The number of ether oxygens (including phenoxy) is 3. The third-order valence-corrected chi connectivity index (χ3v) is 7.24. The minimum Gasteiger partial charge on any atom is -1.00 e. The van der Waals surface area contributed by atoms with E-state index < -0.39 is 18.2 Å². The SMILES string of the molecule is CCCCCCCCCCCCCCCCCCNC(=O)OC[C@H](COC(=O)CCC[n+]1ccccc1)NC(=O)OC.[Cl-]. The van der Waals surface area contributed by atoms with Crippen LogP contribution in [0.2, 0.25) is 0 Å². The van der Waals surface area contributed by atoms with E-state index in [-0.39, 0.29) is 38.0 Å². The third kappa shape index (κ3) is 25.6. The van der Waals surface area contributed by atoms with Gasteiger partial charge in [0.2, 0.25) is 0 Å². The van der Waals surface area contributed by atoms with Crippen LogP contribution in [-0.4, -0.2) is 51.1 Å². The van der Waals surface area contributed by atoms with Gasteiger partial charge in [-0.25, -0.2) is 14.2 Å². The number of rotatable bonds is 26. The van der Waals surface area contributed by atoms with E-state index in [2.05, 4.69) is 22.3 Å². The molecule has 0 aromatic carbocycles. The van der Waals surface area contributed by atoms with Gasteiger partial charge in [0.05, 0.1) is 13.5 Å². The van der Waals surface area contributed by atoms with E-state index in [9.17, 15) is 14.4 Å². The highest BCUT2D eigenvalue weighted by molar-refractivity contribution is 5.70. The van der Waals surface area contributed by atoms with Gasteiger partial charge in [0.15, 0.2) is 12.4 Å². The van der Waals surface area contributed by atoms with Crippen LogP contribution in [0.25, 0.3) is 0 Å². The molecule has 0 radical (unpaired) electrons. The summed E-state index contributed by atoms with van der Waals surface area (Å²) >= 11 is 0. The molecule has 2 amide bonds. The zero-order valence-electron chi connectivity index (χ0n) is 26.8. The molecule has 0 aliphatic carbocycles. The maximum absolute atomic E-state index is 12.1. The molecule has 0 fully saturated rings. The molecule has 248 valence electrons. The first kappa shape index (κ1) is 40.5. The number of nitrogens with zero attached hydrogens (tertiary/aromatic N) is 1. The Kier molecular flexibility index (Phi) is 27.8. The Morgan fingerprint density at radius 2 is 1.19 bits per heavy atom. The van der Waals surface area contributed by atoms with E-state index in [1.54, 1.807) is 0 Å². The van der Waals surface area contributed by atoms with Crippen LogP contribution in [0.15, 0.2) is 30.6 Å². The van der Waals surface area contributed by atoms with Gasteiger partial charge in [-0.05, 0) is 6.42 Å². The standard InChI is InChI=1S/C33H57N3O6.ClH/c1-3-4-5-6-7-8-9-10-11-12-13-14-15-16-17-19-24-34-32(38)42-29-30(35-33(39)40-2)28-41-31(37)23-22-27-36-25-20-18-21-26-36;/h18,20-21,25-26,30H,3-17,19,22-24,27-29H2,1-2H3,(H-,34,35,38,39);1H/t30-;/m0./s1. The van der Waals surface area contributed by atoms with Crippen LogP contribution in [0, 0.1) is 0 Å². The maximum atomic E-state index is 12.1. The molecule has 9 nitrogen and oxygen atoms in total. The van der Waals surface area contributed by atoms with Crippen molar-refractivity contribution in [2.75, 3.05) is 26.9 Å². The smallest absolute Gasteiger partial charge is 0.407 e. The summed E-state index contributed by atoms with van der Waals surface area (Å²) in [5.74, 6) is -0.379. The number of esters is 1. The van der Waals surface area contributed by atoms with Crippen molar-refractivity contribution in [3.63, 3.8) is 0 Å². The minimum absolute atomic E-state index is 0. The lowest BCUT2D eigenvalue weighted by Crippen LogP contribution is -3.00. The van der Waals surface area contributed by atoms with Gasteiger partial charge in [0.1, 0.15) is 25.8 Å². The summed E-state index contributed by atoms with van der Waals surface area (Å²) in [6, 6.07) is 5.09. The number of alkyl carbamates (subject to hydrolysis) is 2. The minimum atomic E-state index is -0.703. The van der Waals surface area contributed by atoms with Crippen molar-refractivity contribution in [1.29, 1.82) is 0 Å². The number of halogens is 1. The van der Waals surface area contributed by atoms with Gasteiger partial charge in [0, 0.05) is 25.1 Å². The monoisotopic (exact) mass is 627 g/mol. The van der Waals surface area contributed by atoms with Gasteiger partial charge in [-0.2, -0.15) is 0 Å². The van der Waals surface area contributed by atoms with Gasteiger partial charge in [-0.3, -0.25) is 4.79 Å². The molecule has 1 heterocycles. The number of aromatic nitrogens is 1. The Morgan fingerprint density at radius 1 is 0.674 bits per heavy atom. The number of carbonyl (C=O) groups is 3. The number of amides is 2. The second kappa shape index (κ2) is 29.5. The molecule has 0 saturated heterocycles. The molecule has 0 aliphatic heterocycles. The summed E-state index contributed by atoms with van der Waals surface area (Å²) in [5, 5.41) is 5.29. The van der Waals surface area contributed by atoms with Gasteiger partial charge in [0.25, 0.3) is 0 Å². The number of unbranched alkanes of at least 4 members (excludes halogenated alkanes) is 15. The summed E-state index contributed by atoms with van der Waals surface area (Å²) < 4.78 is 17.1. The molecular weight excluding hydrogens is 570 g/mol. The zero-order valence-corrected chi connectivity index (χ0v) is 27.6. The van der Waals surface area contributed by atoms with Crippen molar-refractivity contribution in [1.82, 2.24) is 10.6 Å². The van der Waals surface area contributed by atoms with Crippen molar-refractivity contribution in [2.45, 2.75) is 135 Å². The normalized spacial score (nSPS) is 11.2. The van der Waals surface area contributed by atoms with Crippen LogP contribution in [0.5, 0.6) is 0 Å². The number of methoxy groups -OCH3 is 1.